The Morgan fingerprint density at radius 2 is 2.24 bits per heavy atom. The molecule has 6 heteroatoms. The number of nitriles is 1. The highest BCUT2D eigenvalue weighted by Crippen LogP contribution is 2.36. The molecule has 0 aliphatic heterocycles. The van der Waals surface area contributed by atoms with Gasteiger partial charge in [-0.05, 0) is 13.0 Å². The molecule has 5 nitrogen and oxygen atoms in total. The smallest absolute Gasteiger partial charge is 0.493 e. The lowest BCUT2D eigenvalue weighted by Gasteiger charge is -2.10. The van der Waals surface area contributed by atoms with Crippen molar-refractivity contribution in [2.24, 2.45) is 0 Å². The number of nitrogens with zero attached hydrogens (tertiary/aromatic N) is 1. The Labute approximate surface area is 103 Å². The van der Waals surface area contributed by atoms with Gasteiger partial charge in [0.25, 0.3) is 0 Å². The van der Waals surface area contributed by atoms with Crippen LogP contribution in [0.1, 0.15) is 12.5 Å². The van der Waals surface area contributed by atoms with Crippen LogP contribution in [0.2, 0.25) is 5.02 Å². The van der Waals surface area contributed by atoms with Crippen molar-refractivity contribution in [3.05, 3.63) is 22.7 Å². The summed E-state index contributed by atoms with van der Waals surface area (Å²) in [6.07, 6.45) is -0.877. The highest BCUT2D eigenvalue weighted by molar-refractivity contribution is 6.32. The zero-order valence-electron chi connectivity index (χ0n) is 9.32. The fourth-order valence-electron chi connectivity index (χ4n) is 1.11. The molecule has 0 aliphatic carbocycles. The molecular weight excluding hydrogens is 246 g/mol. The topological polar surface area (TPSA) is 68.5 Å². The first-order valence-corrected chi connectivity index (χ1v) is 5.12. The Bertz CT molecular complexity index is 467. The first kappa shape index (κ1) is 13.1. The molecule has 0 saturated carbocycles. The molecule has 0 atom stereocenters. The van der Waals surface area contributed by atoms with Crippen LogP contribution in [0.5, 0.6) is 11.5 Å². The zero-order chi connectivity index (χ0) is 12.8. The van der Waals surface area contributed by atoms with E-state index < -0.39 is 6.16 Å². The van der Waals surface area contributed by atoms with Gasteiger partial charge in [0, 0.05) is 6.07 Å². The summed E-state index contributed by atoms with van der Waals surface area (Å²) in [5.41, 5.74) is 0.308. The molecule has 0 N–H and O–H groups in total. The van der Waals surface area contributed by atoms with Crippen LogP contribution < -0.4 is 9.47 Å². The Morgan fingerprint density at radius 1 is 1.53 bits per heavy atom. The third-order valence-corrected chi connectivity index (χ3v) is 2.09. The van der Waals surface area contributed by atoms with E-state index in [2.05, 4.69) is 4.74 Å². The molecule has 1 rings (SSSR count). The number of carbonyl (C=O) groups is 1. The molecule has 90 valence electrons. The Kier molecular flexibility index (Phi) is 4.61. The van der Waals surface area contributed by atoms with Gasteiger partial charge >= 0.3 is 6.16 Å². The third kappa shape index (κ3) is 3.26. The van der Waals surface area contributed by atoms with Crippen LogP contribution >= 0.6 is 11.6 Å². The second-order valence-corrected chi connectivity index (χ2v) is 3.29. The highest BCUT2D eigenvalue weighted by Gasteiger charge is 2.16. The minimum atomic E-state index is -0.877. The van der Waals surface area contributed by atoms with Crippen LogP contribution in [-0.2, 0) is 4.74 Å². The maximum Gasteiger partial charge on any atom is 0.514 e. The van der Waals surface area contributed by atoms with Crippen LogP contribution in [0.15, 0.2) is 12.1 Å². The minimum absolute atomic E-state index is 0.0339. The summed E-state index contributed by atoms with van der Waals surface area (Å²) in [4.78, 5) is 11.2. The lowest BCUT2D eigenvalue weighted by Crippen LogP contribution is -2.11. The van der Waals surface area contributed by atoms with Crippen LogP contribution in [0, 0.1) is 11.3 Å². The number of rotatable bonds is 3. The summed E-state index contributed by atoms with van der Waals surface area (Å²) in [5.74, 6) is 0.230. The molecule has 0 saturated heterocycles. The highest BCUT2D eigenvalue weighted by atomic mass is 35.5. The second kappa shape index (κ2) is 5.97. The van der Waals surface area contributed by atoms with Gasteiger partial charge in [-0.15, -0.1) is 0 Å². The first-order chi connectivity index (χ1) is 8.12. The Balaban J connectivity index is 3.06. The summed E-state index contributed by atoms with van der Waals surface area (Å²) in [7, 11) is 1.38. The molecule has 0 unspecified atom stereocenters. The van der Waals surface area contributed by atoms with E-state index in [0.29, 0.717) is 5.56 Å². The maximum absolute atomic E-state index is 11.2. The van der Waals surface area contributed by atoms with Gasteiger partial charge in [-0.2, -0.15) is 5.26 Å². The molecule has 0 bridgehead atoms. The van der Waals surface area contributed by atoms with Crippen molar-refractivity contribution in [3.63, 3.8) is 0 Å². The van der Waals surface area contributed by atoms with E-state index in [1.807, 2.05) is 6.07 Å². The number of hydrogen-bond donors (Lipinski definition) is 0. The molecule has 0 heterocycles. The maximum atomic E-state index is 11.2. The van der Waals surface area contributed by atoms with Crippen molar-refractivity contribution in [1.29, 1.82) is 5.26 Å². The summed E-state index contributed by atoms with van der Waals surface area (Å²) >= 11 is 5.87. The van der Waals surface area contributed by atoms with Gasteiger partial charge in [-0.3, -0.25) is 0 Å². The SMILES string of the molecule is CCOC(=O)Oc1c(Cl)cc(C#N)cc1OC. The van der Waals surface area contributed by atoms with Gasteiger partial charge in [0.2, 0.25) is 0 Å². The average Bonchev–Trinajstić information content (AvgIpc) is 2.31. The Morgan fingerprint density at radius 3 is 2.76 bits per heavy atom. The van der Waals surface area contributed by atoms with E-state index in [4.69, 9.17) is 26.3 Å². The van der Waals surface area contributed by atoms with E-state index in [-0.39, 0.29) is 23.1 Å². The van der Waals surface area contributed by atoms with E-state index >= 15 is 0 Å². The molecule has 0 amide bonds. The van der Waals surface area contributed by atoms with Gasteiger partial charge in [0.1, 0.15) is 0 Å². The van der Waals surface area contributed by atoms with Crippen molar-refractivity contribution >= 4 is 17.8 Å². The third-order valence-electron chi connectivity index (χ3n) is 1.81. The van der Waals surface area contributed by atoms with Crippen LogP contribution in [0.3, 0.4) is 0 Å². The van der Waals surface area contributed by atoms with Gasteiger partial charge in [0.15, 0.2) is 11.5 Å². The quantitative estimate of drug-likeness (QED) is 0.614. The summed E-state index contributed by atoms with van der Waals surface area (Å²) in [6, 6.07) is 4.70. The molecule has 1 aromatic carbocycles. The summed E-state index contributed by atoms with van der Waals surface area (Å²) in [6.45, 7) is 1.84. The monoisotopic (exact) mass is 255 g/mol. The molecule has 17 heavy (non-hydrogen) atoms. The van der Waals surface area contributed by atoms with Gasteiger partial charge in [-0.1, -0.05) is 11.6 Å². The van der Waals surface area contributed by atoms with Crippen molar-refractivity contribution < 1.29 is 19.0 Å². The largest absolute Gasteiger partial charge is 0.514 e. The number of ether oxygens (including phenoxy) is 3. The second-order valence-electron chi connectivity index (χ2n) is 2.89. The molecule has 0 radical (unpaired) electrons. The zero-order valence-corrected chi connectivity index (χ0v) is 10.1. The summed E-state index contributed by atoms with van der Waals surface area (Å²) in [5, 5.41) is 8.85. The minimum Gasteiger partial charge on any atom is -0.493 e. The number of carbonyl (C=O) groups excluding carboxylic acids is 1. The predicted octanol–water partition coefficient (Wildman–Crippen LogP) is 2.76. The average molecular weight is 256 g/mol. The van der Waals surface area contributed by atoms with Crippen molar-refractivity contribution in [2.75, 3.05) is 13.7 Å². The van der Waals surface area contributed by atoms with E-state index in [9.17, 15) is 4.79 Å². The number of methoxy groups -OCH3 is 1. The number of hydrogen-bond acceptors (Lipinski definition) is 5. The van der Waals surface area contributed by atoms with E-state index in [1.165, 1.54) is 19.2 Å². The number of halogens is 1. The fourth-order valence-corrected chi connectivity index (χ4v) is 1.36. The van der Waals surface area contributed by atoms with Crippen molar-refractivity contribution in [1.82, 2.24) is 0 Å². The Hall–Kier alpha value is -1.93. The van der Waals surface area contributed by atoms with E-state index in [1.54, 1.807) is 6.92 Å². The molecule has 0 spiro atoms. The van der Waals surface area contributed by atoms with Gasteiger partial charge in [0.05, 0.1) is 30.4 Å². The molecule has 0 aromatic heterocycles. The lowest BCUT2D eigenvalue weighted by molar-refractivity contribution is 0.103. The standard InChI is InChI=1S/C11H10ClNO4/c1-3-16-11(14)17-10-8(12)4-7(6-13)5-9(10)15-2/h4-5H,3H2,1-2H3. The van der Waals surface area contributed by atoms with Gasteiger partial charge in [-0.25, -0.2) is 4.79 Å². The van der Waals surface area contributed by atoms with Crippen LogP contribution in [-0.4, -0.2) is 19.9 Å². The van der Waals surface area contributed by atoms with Gasteiger partial charge < -0.3 is 14.2 Å². The lowest BCUT2D eigenvalue weighted by atomic mass is 10.2. The molecular formula is C11H10ClNO4. The first-order valence-electron chi connectivity index (χ1n) is 4.74. The van der Waals surface area contributed by atoms with Crippen LogP contribution in [0.25, 0.3) is 0 Å². The van der Waals surface area contributed by atoms with Crippen molar-refractivity contribution in [2.45, 2.75) is 6.92 Å². The number of benzene rings is 1. The van der Waals surface area contributed by atoms with Crippen LogP contribution in [0.4, 0.5) is 4.79 Å². The fraction of sp³-hybridized carbons (Fsp3) is 0.273. The predicted molar refractivity (Wildman–Crippen MR) is 60.4 cm³/mol. The molecule has 0 aliphatic rings. The van der Waals surface area contributed by atoms with E-state index in [0.717, 1.165) is 0 Å². The normalized spacial score (nSPS) is 9.29. The summed E-state index contributed by atoms with van der Waals surface area (Å²) < 4.78 is 14.5. The molecule has 0 fully saturated rings. The van der Waals surface area contributed by atoms with Crippen molar-refractivity contribution in [3.8, 4) is 17.6 Å². The molecule has 1 aromatic rings.